The number of carbonyl (C=O) groups is 2. The number of hydrogen-bond donors (Lipinski definition) is 2. The number of nitrogens with one attached hydrogen (secondary N) is 2. The van der Waals surface area contributed by atoms with Gasteiger partial charge in [-0.05, 0) is 62.2 Å². The number of anilines is 1. The first kappa shape index (κ1) is 22.5. The van der Waals surface area contributed by atoms with Crippen LogP contribution in [-0.2, 0) is 9.59 Å². The zero-order chi connectivity index (χ0) is 23.5. The summed E-state index contributed by atoms with van der Waals surface area (Å²) in [5.41, 5.74) is 4.04. The van der Waals surface area contributed by atoms with Crippen LogP contribution in [0.4, 0.5) is 5.69 Å². The van der Waals surface area contributed by atoms with Gasteiger partial charge in [0.15, 0.2) is 5.78 Å². The Morgan fingerprint density at radius 2 is 1.67 bits per heavy atom. The van der Waals surface area contributed by atoms with Gasteiger partial charge in [0.05, 0.1) is 27.2 Å². The van der Waals surface area contributed by atoms with Gasteiger partial charge < -0.3 is 24.8 Å². The maximum atomic E-state index is 13.6. The minimum absolute atomic E-state index is 0.0425. The molecule has 0 radical (unpaired) electrons. The number of allylic oxidation sites excluding steroid dienone is 3. The number of rotatable bonds is 6. The monoisotopic (exact) mass is 448 g/mol. The van der Waals surface area contributed by atoms with Gasteiger partial charge in [0, 0.05) is 40.2 Å². The van der Waals surface area contributed by atoms with Gasteiger partial charge in [-0.1, -0.05) is 0 Å². The van der Waals surface area contributed by atoms with Crippen molar-refractivity contribution in [3.8, 4) is 17.2 Å². The molecule has 0 bridgehead atoms. The van der Waals surface area contributed by atoms with Gasteiger partial charge in [0.1, 0.15) is 17.2 Å². The van der Waals surface area contributed by atoms with Crippen molar-refractivity contribution in [2.45, 2.75) is 32.1 Å². The van der Waals surface area contributed by atoms with Crippen molar-refractivity contribution < 1.29 is 23.8 Å². The maximum absolute atomic E-state index is 13.6. The molecular weight excluding hydrogens is 420 g/mol. The molecular formula is C26H28N2O5. The van der Waals surface area contributed by atoms with E-state index in [1.807, 2.05) is 13.0 Å². The molecule has 1 atom stereocenters. The predicted molar refractivity (Wildman–Crippen MR) is 126 cm³/mol. The van der Waals surface area contributed by atoms with Gasteiger partial charge in [-0.15, -0.1) is 0 Å². The lowest BCUT2D eigenvalue weighted by molar-refractivity contribution is -0.116. The van der Waals surface area contributed by atoms with E-state index in [4.69, 9.17) is 14.2 Å². The van der Waals surface area contributed by atoms with E-state index in [1.165, 1.54) is 0 Å². The highest BCUT2D eigenvalue weighted by atomic mass is 16.5. The largest absolute Gasteiger partial charge is 0.497 e. The highest BCUT2D eigenvalue weighted by Crippen LogP contribution is 2.46. The molecule has 1 heterocycles. The summed E-state index contributed by atoms with van der Waals surface area (Å²) in [5.74, 6) is 1.10. The third kappa shape index (κ3) is 4.31. The van der Waals surface area contributed by atoms with Crippen LogP contribution in [0.3, 0.4) is 0 Å². The van der Waals surface area contributed by atoms with E-state index in [9.17, 15) is 9.59 Å². The first-order valence-electron chi connectivity index (χ1n) is 10.9. The zero-order valence-electron chi connectivity index (χ0n) is 19.3. The number of methoxy groups -OCH3 is 3. The molecule has 0 fully saturated rings. The molecule has 172 valence electrons. The standard InChI is InChI=1S/C26H28N2O5/c1-15-23(26(30)28-16-8-10-17(31-2)11-9-16)24(25-20(27-15)6-5-7-21(25)29)19-14-18(32-3)12-13-22(19)33-4/h8-14,24,27H,5-7H2,1-4H3,(H,28,30). The summed E-state index contributed by atoms with van der Waals surface area (Å²) < 4.78 is 16.3. The summed E-state index contributed by atoms with van der Waals surface area (Å²) in [6.45, 7) is 1.87. The molecule has 7 heteroatoms. The SMILES string of the molecule is COc1ccc(NC(=O)C2=C(C)NC3=C(C(=O)CCC3)C2c2cc(OC)ccc2OC)cc1. The maximum Gasteiger partial charge on any atom is 0.254 e. The fraction of sp³-hybridized carbons (Fsp3) is 0.308. The smallest absolute Gasteiger partial charge is 0.254 e. The molecule has 1 unspecified atom stereocenters. The van der Waals surface area contributed by atoms with Crippen molar-refractivity contribution in [1.82, 2.24) is 5.32 Å². The first-order valence-corrected chi connectivity index (χ1v) is 10.9. The van der Waals surface area contributed by atoms with Crippen LogP contribution < -0.4 is 24.8 Å². The molecule has 7 nitrogen and oxygen atoms in total. The minimum Gasteiger partial charge on any atom is -0.497 e. The van der Waals surface area contributed by atoms with E-state index >= 15 is 0 Å². The molecule has 1 aliphatic heterocycles. The molecule has 0 spiro atoms. The van der Waals surface area contributed by atoms with E-state index in [-0.39, 0.29) is 11.7 Å². The highest BCUT2D eigenvalue weighted by Gasteiger charge is 2.40. The van der Waals surface area contributed by atoms with Crippen LogP contribution in [0, 0.1) is 0 Å². The molecule has 4 rings (SSSR count). The fourth-order valence-corrected chi connectivity index (χ4v) is 4.53. The number of ketones is 1. The Balaban J connectivity index is 1.82. The summed E-state index contributed by atoms with van der Waals surface area (Å²) in [6, 6.07) is 12.6. The van der Waals surface area contributed by atoms with Crippen molar-refractivity contribution >= 4 is 17.4 Å². The lowest BCUT2D eigenvalue weighted by atomic mass is 9.74. The lowest BCUT2D eigenvalue weighted by Crippen LogP contribution is -2.35. The zero-order valence-corrected chi connectivity index (χ0v) is 19.3. The molecule has 2 aromatic carbocycles. The summed E-state index contributed by atoms with van der Waals surface area (Å²) in [7, 11) is 4.76. The normalized spacial score (nSPS) is 17.8. The van der Waals surface area contributed by atoms with Crippen LogP contribution >= 0.6 is 0 Å². The molecule has 0 aromatic heterocycles. The summed E-state index contributed by atoms with van der Waals surface area (Å²) in [4.78, 5) is 26.7. The topological polar surface area (TPSA) is 85.9 Å². The van der Waals surface area contributed by atoms with Gasteiger partial charge in [0.25, 0.3) is 5.91 Å². The average molecular weight is 449 g/mol. The van der Waals surface area contributed by atoms with Crippen molar-refractivity contribution in [2.75, 3.05) is 26.6 Å². The minimum atomic E-state index is -0.572. The number of amides is 1. The van der Waals surface area contributed by atoms with E-state index in [1.54, 1.807) is 57.7 Å². The summed E-state index contributed by atoms with van der Waals surface area (Å²) in [6.07, 6.45) is 2.00. The number of carbonyl (C=O) groups excluding carboxylic acids is 2. The van der Waals surface area contributed by atoms with Gasteiger partial charge in [-0.3, -0.25) is 9.59 Å². The Bertz CT molecular complexity index is 1150. The molecule has 2 N–H and O–H groups in total. The number of ether oxygens (including phenoxy) is 3. The molecule has 0 saturated carbocycles. The van der Waals surface area contributed by atoms with E-state index < -0.39 is 5.92 Å². The Labute approximate surface area is 193 Å². The van der Waals surface area contributed by atoms with Crippen molar-refractivity contribution in [3.05, 3.63) is 70.6 Å². The van der Waals surface area contributed by atoms with E-state index in [2.05, 4.69) is 10.6 Å². The third-order valence-corrected chi connectivity index (χ3v) is 6.12. The van der Waals surface area contributed by atoms with Crippen molar-refractivity contribution in [1.29, 1.82) is 0 Å². The van der Waals surface area contributed by atoms with Crippen LogP contribution in [-0.4, -0.2) is 33.0 Å². The van der Waals surface area contributed by atoms with E-state index in [0.717, 1.165) is 24.1 Å². The van der Waals surface area contributed by atoms with Crippen LogP contribution in [0.1, 0.15) is 37.7 Å². The number of benzene rings is 2. The second-order valence-corrected chi connectivity index (χ2v) is 8.06. The Hall–Kier alpha value is -3.74. The summed E-state index contributed by atoms with van der Waals surface area (Å²) in [5, 5.41) is 6.31. The molecule has 1 aliphatic carbocycles. The van der Waals surface area contributed by atoms with Gasteiger partial charge in [-0.2, -0.15) is 0 Å². The van der Waals surface area contributed by atoms with Crippen LogP contribution in [0.5, 0.6) is 17.2 Å². The van der Waals surface area contributed by atoms with Gasteiger partial charge in [0.2, 0.25) is 0 Å². The number of dihydropyridines is 1. The van der Waals surface area contributed by atoms with Crippen LogP contribution in [0.2, 0.25) is 0 Å². The van der Waals surface area contributed by atoms with E-state index in [0.29, 0.717) is 46.2 Å². The number of hydrogen-bond acceptors (Lipinski definition) is 6. The molecule has 2 aromatic rings. The molecule has 0 saturated heterocycles. The van der Waals surface area contributed by atoms with Crippen molar-refractivity contribution in [3.63, 3.8) is 0 Å². The quantitative estimate of drug-likeness (QED) is 0.685. The Morgan fingerprint density at radius 1 is 0.970 bits per heavy atom. The third-order valence-electron chi connectivity index (χ3n) is 6.12. The molecule has 1 amide bonds. The van der Waals surface area contributed by atoms with Crippen LogP contribution in [0.25, 0.3) is 0 Å². The van der Waals surface area contributed by atoms with Crippen LogP contribution in [0.15, 0.2) is 65.0 Å². The second-order valence-electron chi connectivity index (χ2n) is 8.06. The predicted octanol–water partition coefficient (Wildman–Crippen LogP) is 4.32. The highest BCUT2D eigenvalue weighted by molar-refractivity contribution is 6.10. The first-order chi connectivity index (χ1) is 16.0. The fourth-order valence-electron chi connectivity index (χ4n) is 4.53. The summed E-state index contributed by atoms with van der Waals surface area (Å²) >= 11 is 0. The second kappa shape index (κ2) is 9.40. The average Bonchev–Trinajstić information content (AvgIpc) is 2.83. The molecule has 2 aliphatic rings. The lowest BCUT2D eigenvalue weighted by Gasteiger charge is -2.35. The van der Waals surface area contributed by atoms with Gasteiger partial charge >= 0.3 is 0 Å². The van der Waals surface area contributed by atoms with Gasteiger partial charge in [-0.25, -0.2) is 0 Å². The Kier molecular flexibility index (Phi) is 6.40. The number of Topliss-reactive ketones (excluding diaryl/α,β-unsaturated/α-hetero) is 1. The Morgan fingerprint density at radius 3 is 2.33 bits per heavy atom. The molecule has 33 heavy (non-hydrogen) atoms. The van der Waals surface area contributed by atoms with Crippen molar-refractivity contribution in [2.24, 2.45) is 0 Å².